The third-order valence-electron chi connectivity index (χ3n) is 2.23. The van der Waals surface area contributed by atoms with E-state index in [2.05, 4.69) is 9.97 Å². The second kappa shape index (κ2) is 4.27. The van der Waals surface area contributed by atoms with Gasteiger partial charge < -0.3 is 15.2 Å². The van der Waals surface area contributed by atoms with Crippen molar-refractivity contribution in [3.05, 3.63) is 29.9 Å². The number of methoxy groups -OCH3 is 1. The summed E-state index contributed by atoms with van der Waals surface area (Å²) in [6.07, 6.45) is 4.33. The van der Waals surface area contributed by atoms with Crippen LogP contribution in [0.2, 0.25) is 0 Å². The van der Waals surface area contributed by atoms with Crippen molar-refractivity contribution in [2.24, 2.45) is 5.73 Å². The monoisotopic (exact) mass is 207 g/mol. The fraction of sp³-hybridized carbons (Fsp3) is 0.400. The molecule has 0 saturated carbocycles. The van der Waals surface area contributed by atoms with Crippen LogP contribution in [0.25, 0.3) is 0 Å². The van der Waals surface area contributed by atoms with E-state index >= 15 is 0 Å². The van der Waals surface area contributed by atoms with Gasteiger partial charge in [-0.25, -0.2) is 9.97 Å². The quantitative estimate of drug-likeness (QED) is 0.793. The average Bonchev–Trinajstić information content (AvgIpc) is 2.81. The Morgan fingerprint density at radius 1 is 1.53 bits per heavy atom. The second-order valence-electron chi connectivity index (χ2n) is 3.21. The highest BCUT2D eigenvalue weighted by molar-refractivity contribution is 5.23. The van der Waals surface area contributed by atoms with E-state index < -0.39 is 0 Å². The molecule has 1 aliphatic rings. The average molecular weight is 207 g/mol. The third kappa shape index (κ3) is 2.07. The number of nitrogens with two attached hydrogens (primary N) is 1. The van der Waals surface area contributed by atoms with E-state index in [9.17, 15) is 0 Å². The smallest absolute Gasteiger partial charge is 0.216 e. The molecule has 0 saturated heterocycles. The molecule has 0 bridgehead atoms. The lowest BCUT2D eigenvalue weighted by atomic mass is 10.1. The number of ether oxygens (including phenoxy) is 2. The Morgan fingerprint density at radius 2 is 2.40 bits per heavy atom. The van der Waals surface area contributed by atoms with Gasteiger partial charge in [0.1, 0.15) is 18.1 Å². The normalized spacial score (nSPS) is 16.8. The lowest BCUT2D eigenvalue weighted by molar-refractivity contribution is 0.224. The van der Waals surface area contributed by atoms with Gasteiger partial charge in [-0.1, -0.05) is 0 Å². The number of hydrogen-bond acceptors (Lipinski definition) is 5. The Labute approximate surface area is 87.9 Å². The van der Waals surface area contributed by atoms with E-state index in [0.717, 1.165) is 12.2 Å². The van der Waals surface area contributed by atoms with Crippen molar-refractivity contribution in [3.8, 4) is 5.88 Å². The summed E-state index contributed by atoms with van der Waals surface area (Å²) in [6.45, 7) is 0.700. The summed E-state index contributed by atoms with van der Waals surface area (Å²) in [6, 6.07) is 1.39. The van der Waals surface area contributed by atoms with Crippen LogP contribution in [0.15, 0.2) is 24.2 Å². The Balaban J connectivity index is 2.20. The molecule has 5 nitrogen and oxygen atoms in total. The highest BCUT2D eigenvalue weighted by Crippen LogP contribution is 2.23. The van der Waals surface area contributed by atoms with Gasteiger partial charge in [-0.3, -0.25) is 0 Å². The van der Waals surface area contributed by atoms with Gasteiger partial charge in [0.05, 0.1) is 19.4 Å². The van der Waals surface area contributed by atoms with Gasteiger partial charge in [-0.15, -0.1) is 0 Å². The molecule has 2 heterocycles. The van der Waals surface area contributed by atoms with Crippen molar-refractivity contribution in [1.82, 2.24) is 9.97 Å². The molecule has 80 valence electrons. The topological polar surface area (TPSA) is 70.3 Å². The highest BCUT2D eigenvalue weighted by atomic mass is 16.5. The fourth-order valence-electron chi connectivity index (χ4n) is 1.43. The van der Waals surface area contributed by atoms with Gasteiger partial charge in [-0.05, 0) is 6.08 Å². The van der Waals surface area contributed by atoms with E-state index in [-0.39, 0.29) is 6.04 Å². The van der Waals surface area contributed by atoms with E-state index in [1.807, 2.05) is 6.08 Å². The van der Waals surface area contributed by atoms with E-state index in [1.165, 1.54) is 6.33 Å². The Kier molecular flexibility index (Phi) is 2.82. The van der Waals surface area contributed by atoms with Gasteiger partial charge >= 0.3 is 0 Å². The van der Waals surface area contributed by atoms with Gasteiger partial charge in [0.15, 0.2) is 0 Å². The zero-order chi connectivity index (χ0) is 10.7. The summed E-state index contributed by atoms with van der Waals surface area (Å²) in [5.41, 5.74) is 6.69. The van der Waals surface area contributed by atoms with Crippen LogP contribution in [-0.4, -0.2) is 23.7 Å². The lowest BCUT2D eigenvalue weighted by Gasteiger charge is -2.12. The summed E-state index contributed by atoms with van der Waals surface area (Å²) >= 11 is 0. The van der Waals surface area contributed by atoms with Crippen molar-refractivity contribution in [2.75, 3.05) is 13.7 Å². The van der Waals surface area contributed by atoms with Gasteiger partial charge in [0.25, 0.3) is 0 Å². The Hall–Kier alpha value is -1.62. The molecule has 0 aliphatic carbocycles. The molecule has 1 aromatic rings. The van der Waals surface area contributed by atoms with E-state index in [1.54, 1.807) is 13.2 Å². The molecule has 1 atom stereocenters. The molecule has 15 heavy (non-hydrogen) atoms. The Morgan fingerprint density at radius 3 is 3.07 bits per heavy atom. The molecule has 0 fully saturated rings. The molecule has 5 heteroatoms. The molecular weight excluding hydrogens is 194 g/mol. The minimum absolute atomic E-state index is 0.329. The van der Waals surface area contributed by atoms with Crippen LogP contribution in [0.3, 0.4) is 0 Å². The van der Waals surface area contributed by atoms with Crippen molar-refractivity contribution < 1.29 is 9.47 Å². The number of rotatable bonds is 3. The standard InChI is InChI=1S/C10H13N3O2/c1-14-9-5-7(12-6-13-9)10(11)8-3-2-4-15-8/h3,5-6,10H,2,4,11H2,1H3. The van der Waals surface area contributed by atoms with Crippen LogP contribution < -0.4 is 10.5 Å². The predicted octanol–water partition coefficient (Wildman–Crippen LogP) is 0.789. The fourth-order valence-corrected chi connectivity index (χ4v) is 1.43. The number of nitrogens with zero attached hydrogens (tertiary/aromatic N) is 2. The van der Waals surface area contributed by atoms with Crippen LogP contribution in [0.4, 0.5) is 0 Å². The molecule has 1 aromatic heterocycles. The molecule has 0 aromatic carbocycles. The van der Waals surface area contributed by atoms with Crippen LogP contribution in [0.1, 0.15) is 18.2 Å². The van der Waals surface area contributed by atoms with Gasteiger partial charge in [0, 0.05) is 12.5 Å². The molecule has 0 radical (unpaired) electrons. The van der Waals surface area contributed by atoms with E-state index in [0.29, 0.717) is 18.2 Å². The first kappa shape index (κ1) is 9.92. The first-order valence-electron chi connectivity index (χ1n) is 4.75. The van der Waals surface area contributed by atoms with Crippen molar-refractivity contribution in [1.29, 1.82) is 0 Å². The molecule has 2 rings (SSSR count). The maximum atomic E-state index is 5.98. The van der Waals surface area contributed by atoms with Crippen LogP contribution in [0.5, 0.6) is 5.88 Å². The number of hydrogen-bond donors (Lipinski definition) is 1. The summed E-state index contributed by atoms with van der Waals surface area (Å²) in [7, 11) is 1.56. The minimum Gasteiger partial charge on any atom is -0.496 e. The molecule has 0 spiro atoms. The molecule has 2 N–H and O–H groups in total. The molecular formula is C10H13N3O2. The third-order valence-corrected chi connectivity index (χ3v) is 2.23. The molecule has 1 unspecified atom stereocenters. The maximum Gasteiger partial charge on any atom is 0.216 e. The predicted molar refractivity (Wildman–Crippen MR) is 54.2 cm³/mol. The second-order valence-corrected chi connectivity index (χ2v) is 3.21. The van der Waals surface area contributed by atoms with E-state index in [4.69, 9.17) is 15.2 Å². The minimum atomic E-state index is -0.329. The van der Waals surface area contributed by atoms with Crippen molar-refractivity contribution in [2.45, 2.75) is 12.5 Å². The highest BCUT2D eigenvalue weighted by Gasteiger charge is 2.18. The van der Waals surface area contributed by atoms with Crippen LogP contribution in [-0.2, 0) is 4.74 Å². The largest absolute Gasteiger partial charge is 0.496 e. The van der Waals surface area contributed by atoms with Gasteiger partial charge in [0.2, 0.25) is 5.88 Å². The Bertz CT molecular complexity index is 379. The van der Waals surface area contributed by atoms with Crippen molar-refractivity contribution >= 4 is 0 Å². The number of aromatic nitrogens is 2. The van der Waals surface area contributed by atoms with Gasteiger partial charge in [-0.2, -0.15) is 0 Å². The summed E-state index contributed by atoms with van der Waals surface area (Å²) < 4.78 is 10.4. The molecule has 1 aliphatic heterocycles. The SMILES string of the molecule is COc1cc(C(N)C2=CCCO2)ncn1. The molecule has 0 amide bonds. The summed E-state index contributed by atoms with van der Waals surface area (Å²) in [4.78, 5) is 8.01. The lowest BCUT2D eigenvalue weighted by Crippen LogP contribution is -2.15. The zero-order valence-corrected chi connectivity index (χ0v) is 8.51. The van der Waals surface area contributed by atoms with Crippen LogP contribution in [0, 0.1) is 0 Å². The summed E-state index contributed by atoms with van der Waals surface area (Å²) in [5, 5.41) is 0. The maximum absolute atomic E-state index is 5.98. The van der Waals surface area contributed by atoms with Crippen molar-refractivity contribution in [3.63, 3.8) is 0 Å². The first-order valence-corrected chi connectivity index (χ1v) is 4.75. The first-order chi connectivity index (χ1) is 7.31. The van der Waals surface area contributed by atoms with Crippen LogP contribution >= 0.6 is 0 Å². The summed E-state index contributed by atoms with van der Waals surface area (Å²) in [5.74, 6) is 1.28. The zero-order valence-electron chi connectivity index (χ0n) is 8.51.